The number of hydrogen-bond acceptors (Lipinski definition) is 5. The summed E-state index contributed by atoms with van der Waals surface area (Å²) in [6, 6.07) is 43.3. The smallest absolute Gasteiger partial charge is 0.184 e. The maximum atomic E-state index is 6.04. The molecule has 1 radical (unpaired) electrons. The van der Waals surface area contributed by atoms with Crippen LogP contribution in [0.5, 0.6) is 23.0 Å². The van der Waals surface area contributed by atoms with Gasteiger partial charge in [0.05, 0.1) is 5.41 Å². The normalized spacial score (nSPS) is 11.6. The van der Waals surface area contributed by atoms with E-state index in [9.17, 15) is 0 Å². The van der Waals surface area contributed by atoms with Gasteiger partial charge in [0.2, 0.25) is 0 Å². The van der Waals surface area contributed by atoms with Crippen molar-refractivity contribution >= 4 is 10.8 Å². The van der Waals surface area contributed by atoms with E-state index in [4.69, 9.17) is 23.9 Å². The molecule has 2 aliphatic rings. The SMILES string of the molecule is CC#COc1cc2c(cc1OC#CC)C1(c3ccccc3-c3cc(-c4cc[c-]c(-c5nccc6ccccc56)c4)ccc31)c1cc(OC#CC)c(OC#CC)cc1-2.[Ir]. The molecule has 2 aliphatic carbocycles. The van der Waals surface area contributed by atoms with Crippen molar-refractivity contribution < 1.29 is 39.1 Å². The summed E-state index contributed by atoms with van der Waals surface area (Å²) in [4.78, 5) is 4.79. The molecule has 0 N–H and O–H groups in total. The summed E-state index contributed by atoms with van der Waals surface area (Å²) in [5.74, 6) is 13.1. The van der Waals surface area contributed by atoms with Gasteiger partial charge in [-0.3, -0.25) is 0 Å². The maximum Gasteiger partial charge on any atom is 0.184 e. The Morgan fingerprint density at radius 1 is 0.500 bits per heavy atom. The molecule has 0 aliphatic heterocycles. The van der Waals surface area contributed by atoms with E-state index in [0.717, 1.165) is 77.7 Å². The van der Waals surface area contributed by atoms with Crippen LogP contribution in [0.25, 0.3) is 55.4 Å². The molecule has 0 amide bonds. The van der Waals surface area contributed by atoms with Crippen molar-refractivity contribution in [1.29, 1.82) is 0 Å². The Labute approximate surface area is 351 Å². The van der Waals surface area contributed by atoms with E-state index in [1.165, 1.54) is 0 Å². The summed E-state index contributed by atoms with van der Waals surface area (Å²) in [5, 5.41) is 2.22. The van der Waals surface area contributed by atoms with Crippen molar-refractivity contribution in [2.75, 3.05) is 0 Å². The molecule has 1 heterocycles. The molecule has 0 atom stereocenters. The molecular weight excluding hydrogens is 895 g/mol. The fourth-order valence-electron chi connectivity index (χ4n) is 8.24. The number of rotatable bonds is 6. The topological polar surface area (TPSA) is 49.8 Å². The fraction of sp³-hybridized carbons (Fsp3) is 0.0962. The molecule has 0 unspecified atom stereocenters. The molecule has 0 saturated heterocycles. The summed E-state index contributed by atoms with van der Waals surface area (Å²) < 4.78 is 24.0. The van der Waals surface area contributed by atoms with Crippen LogP contribution in [-0.2, 0) is 25.5 Å². The second-order valence-electron chi connectivity index (χ2n) is 13.4. The summed E-state index contributed by atoms with van der Waals surface area (Å²) >= 11 is 0. The van der Waals surface area contributed by atoms with Crippen molar-refractivity contribution in [3.63, 3.8) is 0 Å². The van der Waals surface area contributed by atoms with E-state index in [2.05, 4.69) is 121 Å². The Hall–Kier alpha value is -7.18. The quantitative estimate of drug-likeness (QED) is 0.123. The molecule has 6 aromatic carbocycles. The Balaban J connectivity index is 0.00000469. The van der Waals surface area contributed by atoms with Crippen LogP contribution < -0.4 is 18.9 Å². The Kier molecular flexibility index (Phi) is 10.2. The molecule has 279 valence electrons. The van der Waals surface area contributed by atoms with E-state index in [-0.39, 0.29) is 20.1 Å². The second kappa shape index (κ2) is 15.8. The van der Waals surface area contributed by atoms with E-state index >= 15 is 0 Å². The first kappa shape index (κ1) is 37.7. The minimum Gasteiger partial charge on any atom is -0.404 e. The zero-order valence-electron chi connectivity index (χ0n) is 32.0. The summed E-state index contributed by atoms with van der Waals surface area (Å²) in [6.45, 7) is 6.90. The molecule has 9 rings (SSSR count). The number of pyridine rings is 1. The molecule has 5 nitrogen and oxygen atoms in total. The van der Waals surface area contributed by atoms with E-state index in [1.807, 2.05) is 54.7 Å². The number of benzene rings is 6. The van der Waals surface area contributed by atoms with Crippen LogP contribution in [0.1, 0.15) is 49.9 Å². The van der Waals surface area contributed by atoms with Crippen LogP contribution in [0.3, 0.4) is 0 Å². The summed E-state index contributed by atoms with van der Waals surface area (Å²) in [7, 11) is 0. The number of hydrogen-bond donors (Lipinski definition) is 0. The van der Waals surface area contributed by atoms with Gasteiger partial charge in [0, 0.05) is 54.0 Å². The van der Waals surface area contributed by atoms with Crippen LogP contribution in [0.15, 0.2) is 121 Å². The fourth-order valence-corrected chi connectivity index (χ4v) is 8.24. The predicted octanol–water partition coefficient (Wildman–Crippen LogP) is 11.1. The molecule has 1 spiro atoms. The van der Waals surface area contributed by atoms with Crippen LogP contribution in [0.4, 0.5) is 0 Å². The number of ether oxygens (including phenoxy) is 4. The van der Waals surface area contributed by atoms with Gasteiger partial charge < -0.3 is 23.9 Å². The van der Waals surface area contributed by atoms with Crippen molar-refractivity contribution in [3.8, 4) is 116 Å². The molecular formula is C52H32IrNO4-. The Morgan fingerprint density at radius 3 is 1.67 bits per heavy atom. The van der Waals surface area contributed by atoms with Crippen LogP contribution in [0.2, 0.25) is 0 Å². The van der Waals surface area contributed by atoms with Gasteiger partial charge in [-0.15, -0.1) is 35.4 Å². The monoisotopic (exact) mass is 927 g/mol. The van der Waals surface area contributed by atoms with Gasteiger partial charge in [0.1, 0.15) is 24.4 Å². The molecule has 1 aromatic heterocycles. The predicted molar refractivity (Wildman–Crippen MR) is 224 cm³/mol. The van der Waals surface area contributed by atoms with E-state index in [1.54, 1.807) is 27.7 Å². The van der Waals surface area contributed by atoms with Crippen molar-refractivity contribution in [3.05, 3.63) is 150 Å². The van der Waals surface area contributed by atoms with Crippen LogP contribution >= 0.6 is 0 Å². The van der Waals surface area contributed by atoms with Crippen molar-refractivity contribution in [1.82, 2.24) is 4.98 Å². The first-order valence-electron chi connectivity index (χ1n) is 18.4. The average molecular weight is 927 g/mol. The largest absolute Gasteiger partial charge is 0.404 e. The van der Waals surface area contributed by atoms with Gasteiger partial charge in [-0.2, -0.15) is 0 Å². The van der Waals surface area contributed by atoms with Gasteiger partial charge in [0.25, 0.3) is 0 Å². The number of aromatic nitrogens is 1. The minimum absolute atomic E-state index is 0. The molecule has 58 heavy (non-hydrogen) atoms. The van der Waals surface area contributed by atoms with Crippen LogP contribution in [0, 0.1) is 54.2 Å². The third-order valence-corrected chi connectivity index (χ3v) is 10.4. The molecule has 7 aromatic rings. The number of nitrogens with zero attached hydrogens (tertiary/aromatic N) is 1. The third-order valence-electron chi connectivity index (χ3n) is 10.4. The van der Waals surface area contributed by atoms with Gasteiger partial charge in [-0.25, -0.2) is 0 Å². The Bertz CT molecular complexity index is 2960. The first-order chi connectivity index (χ1) is 28.1. The van der Waals surface area contributed by atoms with Crippen molar-refractivity contribution in [2.45, 2.75) is 33.1 Å². The van der Waals surface area contributed by atoms with Crippen LogP contribution in [-0.4, -0.2) is 4.98 Å². The van der Waals surface area contributed by atoms with Gasteiger partial charge in [-0.1, -0.05) is 84.3 Å². The molecule has 0 fully saturated rings. The summed E-state index contributed by atoms with van der Waals surface area (Å²) in [6.07, 6.45) is 12.9. The average Bonchev–Trinajstić information content (AvgIpc) is 3.70. The van der Waals surface area contributed by atoms with E-state index in [0.29, 0.717) is 23.0 Å². The standard InChI is InChI=1S/C52H32NO4.Ir/c1-5-24-54-47-30-41-42-31-48(55-25-6-2)50(57-27-8-4)33-46(42)52(45(41)32-49(47)56-26-7-3)43-19-12-11-18-39(43)40-29-36(20-21-44(40)52)35-15-13-16-37(28-35)51-38-17-10-9-14-34(38)22-23-53-51;/h9-15,17-23,28-33H,1-4H3;/q-1;. The summed E-state index contributed by atoms with van der Waals surface area (Å²) in [5.41, 5.74) is 11.5. The number of fused-ring (bicyclic) bond motifs is 11. The van der Waals surface area contributed by atoms with E-state index < -0.39 is 5.41 Å². The molecule has 0 saturated carbocycles. The molecule has 6 heteroatoms. The van der Waals surface area contributed by atoms with Gasteiger partial charge in [-0.05, 0) is 103 Å². The second-order valence-corrected chi connectivity index (χ2v) is 13.4. The first-order valence-corrected chi connectivity index (χ1v) is 18.4. The minimum atomic E-state index is -0.795. The van der Waals surface area contributed by atoms with Gasteiger partial charge >= 0.3 is 0 Å². The third kappa shape index (κ3) is 6.05. The zero-order chi connectivity index (χ0) is 38.9. The maximum absolute atomic E-state index is 6.04. The zero-order valence-corrected chi connectivity index (χ0v) is 34.4. The van der Waals surface area contributed by atoms with Gasteiger partial charge in [0.15, 0.2) is 23.0 Å². The van der Waals surface area contributed by atoms with Crippen molar-refractivity contribution in [2.24, 2.45) is 0 Å². The Morgan fingerprint density at radius 2 is 1.03 bits per heavy atom. The molecule has 0 bridgehead atoms.